The maximum absolute atomic E-state index is 13.5. The lowest BCUT2D eigenvalue weighted by Gasteiger charge is -2.45. The number of nitrogens with zero attached hydrogens (tertiary/aromatic N) is 5. The van der Waals surface area contributed by atoms with Crippen LogP contribution in [0.5, 0.6) is 0 Å². The van der Waals surface area contributed by atoms with E-state index in [9.17, 15) is 9.59 Å². The van der Waals surface area contributed by atoms with Gasteiger partial charge in [0.1, 0.15) is 5.54 Å². The number of carbonyl (C=O) groups excluding carboxylic acids is 2. The summed E-state index contributed by atoms with van der Waals surface area (Å²) in [7, 11) is 0. The highest BCUT2D eigenvalue weighted by atomic mass is 16.2. The van der Waals surface area contributed by atoms with Crippen molar-refractivity contribution in [3.8, 4) is 0 Å². The fourth-order valence-corrected chi connectivity index (χ4v) is 3.95. The van der Waals surface area contributed by atoms with Gasteiger partial charge in [0.25, 0.3) is 0 Å². The number of benzene rings is 1. The molecule has 152 valence electrons. The molecule has 0 saturated carbocycles. The first-order chi connectivity index (χ1) is 13.9. The Morgan fingerprint density at radius 3 is 2.41 bits per heavy atom. The molecule has 0 spiro atoms. The molecule has 4 rings (SSSR count). The maximum Gasteiger partial charge on any atom is 0.250 e. The van der Waals surface area contributed by atoms with E-state index in [1.54, 1.807) is 37.2 Å². The molecule has 0 unspecified atom stereocenters. The molecule has 0 bridgehead atoms. The van der Waals surface area contributed by atoms with Crippen molar-refractivity contribution in [3.05, 3.63) is 42.7 Å². The number of amides is 2. The van der Waals surface area contributed by atoms with Crippen LogP contribution >= 0.6 is 0 Å². The number of rotatable bonds is 3. The molecule has 1 fully saturated rings. The lowest BCUT2D eigenvalue weighted by Crippen LogP contribution is -2.63. The second-order valence-corrected chi connectivity index (χ2v) is 7.95. The second-order valence-electron chi connectivity index (χ2n) is 7.95. The lowest BCUT2D eigenvalue weighted by molar-refractivity contribution is -0.129. The fraction of sp³-hybridized carbons (Fsp3) is 0.429. The van der Waals surface area contributed by atoms with Gasteiger partial charge in [-0.3, -0.25) is 19.4 Å². The fourth-order valence-electron chi connectivity index (χ4n) is 3.95. The molecular formula is C21H26N6O2. The largest absolute Gasteiger partial charge is 0.338 e. The molecule has 3 heterocycles. The second kappa shape index (κ2) is 7.44. The van der Waals surface area contributed by atoms with E-state index in [0.29, 0.717) is 11.6 Å². The number of hydrogen-bond donors (Lipinski definition) is 1. The van der Waals surface area contributed by atoms with Crippen molar-refractivity contribution in [1.29, 1.82) is 0 Å². The van der Waals surface area contributed by atoms with Crippen LogP contribution in [0.1, 0.15) is 20.8 Å². The first-order valence-corrected chi connectivity index (χ1v) is 9.90. The van der Waals surface area contributed by atoms with Gasteiger partial charge in [0.05, 0.1) is 17.4 Å². The molecule has 2 amide bonds. The minimum absolute atomic E-state index is 0.0679. The molecule has 29 heavy (non-hydrogen) atoms. The summed E-state index contributed by atoms with van der Waals surface area (Å²) in [6.07, 6.45) is 3.48. The molecule has 2 aromatic rings. The van der Waals surface area contributed by atoms with Crippen LogP contribution in [0.25, 0.3) is 0 Å². The molecular weight excluding hydrogens is 368 g/mol. The Bertz CT molecular complexity index is 908. The van der Waals surface area contributed by atoms with E-state index in [-0.39, 0.29) is 17.9 Å². The highest BCUT2D eigenvalue weighted by molar-refractivity contribution is 6.15. The van der Waals surface area contributed by atoms with E-state index in [0.717, 1.165) is 31.9 Å². The highest BCUT2D eigenvalue weighted by Crippen LogP contribution is 2.37. The minimum atomic E-state index is -0.959. The number of piperazine rings is 1. The Labute approximate surface area is 170 Å². The standard InChI is InChI=1S/C21H26N6O2/c1-15(25-11-13-26(14-12-25)20-22-9-6-10-23-20)18(28)27-17-8-5-4-7-16(17)24-19(29)21(27,2)3/h4-10,15H,11-14H2,1-3H3,(H,24,29)/t15-/m0/s1. The summed E-state index contributed by atoms with van der Waals surface area (Å²) < 4.78 is 0. The molecule has 1 atom stereocenters. The average molecular weight is 394 g/mol. The number of carbonyl (C=O) groups is 2. The zero-order valence-electron chi connectivity index (χ0n) is 17.0. The van der Waals surface area contributed by atoms with Crippen molar-refractivity contribution in [2.24, 2.45) is 0 Å². The van der Waals surface area contributed by atoms with Crippen LogP contribution in [0.2, 0.25) is 0 Å². The molecule has 0 radical (unpaired) electrons. The zero-order chi connectivity index (χ0) is 20.6. The van der Waals surface area contributed by atoms with Gasteiger partial charge < -0.3 is 10.2 Å². The number of aromatic nitrogens is 2. The van der Waals surface area contributed by atoms with Gasteiger partial charge in [0, 0.05) is 38.6 Å². The summed E-state index contributed by atoms with van der Waals surface area (Å²) in [5, 5.41) is 2.91. The molecule has 8 heteroatoms. The molecule has 0 aliphatic carbocycles. The predicted molar refractivity (Wildman–Crippen MR) is 112 cm³/mol. The van der Waals surface area contributed by atoms with E-state index in [4.69, 9.17) is 0 Å². The van der Waals surface area contributed by atoms with Crippen LogP contribution < -0.4 is 15.1 Å². The summed E-state index contributed by atoms with van der Waals surface area (Å²) in [6.45, 7) is 8.45. The molecule has 2 aliphatic rings. The van der Waals surface area contributed by atoms with Crippen LogP contribution in [0, 0.1) is 0 Å². The minimum Gasteiger partial charge on any atom is -0.338 e. The highest BCUT2D eigenvalue weighted by Gasteiger charge is 2.45. The maximum atomic E-state index is 13.5. The number of para-hydroxylation sites is 2. The van der Waals surface area contributed by atoms with Crippen molar-refractivity contribution in [2.75, 3.05) is 41.3 Å². The van der Waals surface area contributed by atoms with Crippen LogP contribution in [0.3, 0.4) is 0 Å². The summed E-state index contributed by atoms with van der Waals surface area (Å²) in [4.78, 5) is 40.7. The summed E-state index contributed by atoms with van der Waals surface area (Å²) in [6, 6.07) is 8.91. The van der Waals surface area contributed by atoms with E-state index in [2.05, 4.69) is 25.1 Å². The number of nitrogens with one attached hydrogen (secondary N) is 1. The van der Waals surface area contributed by atoms with Crippen LogP contribution in [-0.2, 0) is 9.59 Å². The monoisotopic (exact) mass is 394 g/mol. The summed E-state index contributed by atoms with van der Waals surface area (Å²) in [5.41, 5.74) is 0.452. The van der Waals surface area contributed by atoms with Gasteiger partial charge in [0.15, 0.2) is 0 Å². The van der Waals surface area contributed by atoms with Crippen molar-refractivity contribution in [3.63, 3.8) is 0 Å². The van der Waals surface area contributed by atoms with Gasteiger partial charge in [-0.25, -0.2) is 9.97 Å². The van der Waals surface area contributed by atoms with Gasteiger partial charge in [0.2, 0.25) is 17.8 Å². The summed E-state index contributed by atoms with van der Waals surface area (Å²) in [5.74, 6) is 0.471. The normalized spacial score (nSPS) is 20.0. The van der Waals surface area contributed by atoms with E-state index in [1.165, 1.54) is 0 Å². The Kier molecular flexibility index (Phi) is 4.96. The van der Waals surface area contributed by atoms with Gasteiger partial charge in [-0.15, -0.1) is 0 Å². The van der Waals surface area contributed by atoms with E-state index < -0.39 is 5.54 Å². The number of hydrogen-bond acceptors (Lipinski definition) is 6. The van der Waals surface area contributed by atoms with Crippen molar-refractivity contribution < 1.29 is 9.59 Å². The van der Waals surface area contributed by atoms with Gasteiger partial charge in [-0.2, -0.15) is 0 Å². The lowest BCUT2D eigenvalue weighted by atomic mass is 9.95. The molecule has 1 N–H and O–H groups in total. The van der Waals surface area contributed by atoms with Gasteiger partial charge >= 0.3 is 0 Å². The smallest absolute Gasteiger partial charge is 0.250 e. The molecule has 1 aromatic heterocycles. The first-order valence-electron chi connectivity index (χ1n) is 9.90. The SMILES string of the molecule is C[C@@H](C(=O)N1c2ccccc2NC(=O)C1(C)C)N1CCN(c2ncccn2)CC1. The number of anilines is 3. The van der Waals surface area contributed by atoms with Crippen molar-refractivity contribution >= 4 is 29.1 Å². The van der Waals surface area contributed by atoms with E-state index >= 15 is 0 Å². The van der Waals surface area contributed by atoms with Gasteiger partial charge in [-0.1, -0.05) is 12.1 Å². The van der Waals surface area contributed by atoms with Crippen molar-refractivity contribution in [1.82, 2.24) is 14.9 Å². The Morgan fingerprint density at radius 2 is 1.72 bits per heavy atom. The summed E-state index contributed by atoms with van der Waals surface area (Å²) >= 11 is 0. The number of fused-ring (bicyclic) bond motifs is 1. The quantitative estimate of drug-likeness (QED) is 0.854. The zero-order valence-corrected chi connectivity index (χ0v) is 17.0. The molecule has 8 nitrogen and oxygen atoms in total. The Morgan fingerprint density at radius 1 is 1.07 bits per heavy atom. The average Bonchev–Trinajstić information content (AvgIpc) is 2.74. The molecule has 2 aliphatic heterocycles. The predicted octanol–water partition coefficient (Wildman–Crippen LogP) is 1.75. The Hall–Kier alpha value is -3.00. The van der Waals surface area contributed by atoms with E-state index in [1.807, 2.05) is 31.2 Å². The van der Waals surface area contributed by atoms with Crippen LogP contribution in [0.4, 0.5) is 17.3 Å². The molecule has 1 aromatic carbocycles. The van der Waals surface area contributed by atoms with Crippen molar-refractivity contribution in [2.45, 2.75) is 32.4 Å². The first kappa shape index (κ1) is 19.3. The van der Waals surface area contributed by atoms with Gasteiger partial charge in [-0.05, 0) is 39.0 Å². The third-order valence-electron chi connectivity index (χ3n) is 5.78. The topological polar surface area (TPSA) is 81.7 Å². The molecule has 1 saturated heterocycles. The Balaban J connectivity index is 1.51. The van der Waals surface area contributed by atoms with Crippen LogP contribution in [-0.4, -0.2) is 64.4 Å². The van der Waals surface area contributed by atoms with Crippen LogP contribution in [0.15, 0.2) is 42.7 Å². The third-order valence-corrected chi connectivity index (χ3v) is 5.78. The third kappa shape index (κ3) is 3.44.